The van der Waals surface area contributed by atoms with Gasteiger partial charge in [0.1, 0.15) is 18.1 Å². The minimum absolute atomic E-state index is 0.278. The quantitative estimate of drug-likeness (QED) is 0.277. The second-order valence-electron chi connectivity index (χ2n) is 12.0. The summed E-state index contributed by atoms with van der Waals surface area (Å²) in [6.45, 7) is 16.4. The summed E-state index contributed by atoms with van der Waals surface area (Å²) in [6, 6.07) is 11.1. The molecule has 1 aromatic carbocycles. The zero-order valence-electron chi connectivity index (χ0n) is 24.0. The molecule has 4 rings (SSSR count). The number of benzene rings is 1. The van der Waals surface area contributed by atoms with Gasteiger partial charge in [-0.15, -0.1) is 0 Å². The molecular formula is C28H41N7O3Si. The van der Waals surface area contributed by atoms with Crippen molar-refractivity contribution in [2.24, 2.45) is 0 Å². The van der Waals surface area contributed by atoms with Crippen LogP contribution in [0.1, 0.15) is 20.8 Å². The molecule has 3 heterocycles. The summed E-state index contributed by atoms with van der Waals surface area (Å²) >= 11 is 0. The lowest BCUT2D eigenvalue weighted by molar-refractivity contribution is 0.0240. The van der Waals surface area contributed by atoms with Crippen molar-refractivity contribution in [2.75, 3.05) is 43.0 Å². The van der Waals surface area contributed by atoms with Gasteiger partial charge in [-0.1, -0.05) is 31.8 Å². The molecule has 2 aromatic heterocycles. The summed E-state index contributed by atoms with van der Waals surface area (Å²) in [5.41, 5.74) is 2.36. The van der Waals surface area contributed by atoms with Gasteiger partial charge in [-0.2, -0.15) is 4.98 Å². The van der Waals surface area contributed by atoms with Crippen LogP contribution in [0.25, 0.3) is 11.3 Å². The maximum atomic E-state index is 12.3. The summed E-state index contributed by atoms with van der Waals surface area (Å²) in [6.07, 6.45) is 5.29. The molecule has 39 heavy (non-hydrogen) atoms. The number of amides is 1. The van der Waals surface area contributed by atoms with Gasteiger partial charge in [0.15, 0.2) is 0 Å². The van der Waals surface area contributed by atoms with E-state index in [1.54, 1.807) is 11.1 Å². The molecule has 1 saturated heterocycles. The number of anilines is 3. The molecule has 0 saturated carbocycles. The number of carbonyl (C=O) groups excluding carboxylic acids is 1. The summed E-state index contributed by atoms with van der Waals surface area (Å²) in [4.78, 5) is 29.8. The Labute approximate surface area is 232 Å². The fraction of sp³-hybridized carbons (Fsp3) is 0.500. The first-order valence-electron chi connectivity index (χ1n) is 13.5. The molecule has 0 bridgehead atoms. The topological polar surface area (TPSA) is 97.6 Å². The average Bonchev–Trinajstić information content (AvgIpc) is 3.35. The van der Waals surface area contributed by atoms with E-state index in [1.807, 2.05) is 68.2 Å². The Kier molecular flexibility index (Phi) is 8.91. The van der Waals surface area contributed by atoms with Crippen molar-refractivity contribution in [2.45, 2.75) is 58.8 Å². The van der Waals surface area contributed by atoms with Crippen LogP contribution >= 0.6 is 0 Å². The smallest absolute Gasteiger partial charge is 0.410 e. The Bertz CT molecular complexity index is 1230. The van der Waals surface area contributed by atoms with Crippen molar-refractivity contribution in [3.8, 4) is 11.3 Å². The fourth-order valence-electron chi connectivity index (χ4n) is 3.99. The highest BCUT2D eigenvalue weighted by Crippen LogP contribution is 2.23. The molecule has 0 aliphatic carbocycles. The normalized spacial score (nSPS) is 14.4. The minimum atomic E-state index is -1.09. The molecule has 1 aliphatic rings. The third kappa shape index (κ3) is 8.79. The summed E-state index contributed by atoms with van der Waals surface area (Å²) in [7, 11) is -1.09. The highest BCUT2D eigenvalue weighted by Gasteiger charge is 2.26. The number of carbonyl (C=O) groups is 1. The van der Waals surface area contributed by atoms with E-state index < -0.39 is 13.7 Å². The standard InChI is InChI=1S/C28H41N7O3Si/c1-28(2,3)38-27(36)35-15-13-34(14-16-35)26-29-12-11-25(32-26)31-23-9-7-22(8-10-23)24-19-33(20-30-24)21-37-17-18-39(4,5)6/h7-12,19-20H,13-18,21H2,1-6H3,(H,29,31,32). The molecule has 1 N–H and O–H groups in total. The average molecular weight is 552 g/mol. The van der Waals surface area contributed by atoms with E-state index >= 15 is 0 Å². The zero-order valence-corrected chi connectivity index (χ0v) is 25.0. The molecule has 0 radical (unpaired) electrons. The van der Waals surface area contributed by atoms with Crippen LogP contribution in [0.15, 0.2) is 49.1 Å². The molecule has 0 unspecified atom stereocenters. The number of hydrogen-bond donors (Lipinski definition) is 1. The zero-order chi connectivity index (χ0) is 28.0. The van der Waals surface area contributed by atoms with E-state index in [-0.39, 0.29) is 6.09 Å². The van der Waals surface area contributed by atoms with Gasteiger partial charge < -0.3 is 29.2 Å². The van der Waals surface area contributed by atoms with Gasteiger partial charge in [-0.3, -0.25) is 0 Å². The molecule has 0 spiro atoms. The Morgan fingerprint density at radius 3 is 2.41 bits per heavy atom. The molecule has 1 aliphatic heterocycles. The lowest BCUT2D eigenvalue weighted by atomic mass is 10.1. The molecule has 10 nitrogen and oxygen atoms in total. The molecule has 3 aromatic rings. The second-order valence-corrected chi connectivity index (χ2v) is 17.6. The molecule has 11 heteroatoms. The first-order valence-corrected chi connectivity index (χ1v) is 17.2. The Balaban J connectivity index is 1.29. The van der Waals surface area contributed by atoms with E-state index in [0.29, 0.717) is 44.7 Å². The lowest BCUT2D eigenvalue weighted by Crippen LogP contribution is -2.50. The van der Waals surface area contributed by atoms with E-state index in [2.05, 4.69) is 39.8 Å². The third-order valence-electron chi connectivity index (χ3n) is 6.18. The van der Waals surface area contributed by atoms with Crippen LogP contribution in [0.2, 0.25) is 25.7 Å². The molecule has 1 fully saturated rings. The van der Waals surface area contributed by atoms with Crippen molar-refractivity contribution >= 4 is 31.6 Å². The third-order valence-corrected chi connectivity index (χ3v) is 7.88. The molecule has 210 valence electrons. The number of ether oxygens (including phenoxy) is 2. The Hall–Kier alpha value is -3.44. The van der Waals surface area contributed by atoms with E-state index in [0.717, 1.165) is 29.6 Å². The fourth-order valence-corrected chi connectivity index (χ4v) is 4.74. The summed E-state index contributed by atoms with van der Waals surface area (Å²) in [5, 5.41) is 3.36. The largest absolute Gasteiger partial charge is 0.444 e. The van der Waals surface area contributed by atoms with Gasteiger partial charge in [-0.25, -0.2) is 14.8 Å². The number of nitrogens with one attached hydrogen (secondary N) is 1. The second kappa shape index (κ2) is 12.2. The summed E-state index contributed by atoms with van der Waals surface area (Å²) < 4.78 is 13.3. The van der Waals surface area contributed by atoms with Gasteiger partial charge in [0.05, 0.1) is 12.0 Å². The first kappa shape index (κ1) is 28.6. The molecule has 0 atom stereocenters. The maximum Gasteiger partial charge on any atom is 0.410 e. The van der Waals surface area contributed by atoms with Gasteiger partial charge >= 0.3 is 6.09 Å². The molecule has 1 amide bonds. The van der Waals surface area contributed by atoms with Crippen molar-refractivity contribution < 1.29 is 14.3 Å². The maximum absolute atomic E-state index is 12.3. The van der Waals surface area contributed by atoms with Gasteiger partial charge in [0.25, 0.3) is 0 Å². The SMILES string of the molecule is CC(C)(C)OC(=O)N1CCN(c2nccc(Nc3ccc(-c4cn(COCC[Si](C)(C)C)cn4)cc3)n2)CC1. The Morgan fingerprint density at radius 1 is 1.03 bits per heavy atom. The van der Waals surface area contributed by atoms with Crippen LogP contribution in [0.3, 0.4) is 0 Å². The summed E-state index contributed by atoms with van der Waals surface area (Å²) in [5.74, 6) is 1.35. The number of nitrogens with zero attached hydrogens (tertiary/aromatic N) is 6. The monoisotopic (exact) mass is 551 g/mol. The van der Waals surface area contributed by atoms with Crippen molar-refractivity contribution in [1.82, 2.24) is 24.4 Å². The lowest BCUT2D eigenvalue weighted by Gasteiger charge is -2.35. The van der Waals surface area contributed by atoms with Gasteiger partial charge in [-0.05, 0) is 45.0 Å². The first-order chi connectivity index (χ1) is 18.4. The number of piperazine rings is 1. The van der Waals surface area contributed by atoms with Crippen molar-refractivity contribution in [3.63, 3.8) is 0 Å². The van der Waals surface area contributed by atoms with Gasteiger partial charge in [0.2, 0.25) is 5.95 Å². The predicted octanol–water partition coefficient (Wildman–Crippen LogP) is 5.45. The highest BCUT2D eigenvalue weighted by atomic mass is 28.3. The number of aromatic nitrogens is 4. The van der Waals surface area contributed by atoms with Crippen LogP contribution in [-0.4, -0.2) is 77.0 Å². The minimum Gasteiger partial charge on any atom is -0.444 e. The van der Waals surface area contributed by atoms with Crippen LogP contribution in [0.4, 0.5) is 22.2 Å². The van der Waals surface area contributed by atoms with E-state index in [9.17, 15) is 4.79 Å². The van der Waals surface area contributed by atoms with Crippen LogP contribution < -0.4 is 10.2 Å². The van der Waals surface area contributed by atoms with Crippen molar-refractivity contribution in [1.29, 1.82) is 0 Å². The number of imidazole rings is 1. The highest BCUT2D eigenvalue weighted by molar-refractivity contribution is 6.76. The van der Waals surface area contributed by atoms with Gasteiger partial charge in [0, 0.05) is 64.5 Å². The van der Waals surface area contributed by atoms with E-state index in [1.165, 1.54) is 0 Å². The predicted molar refractivity (Wildman–Crippen MR) is 157 cm³/mol. The number of hydrogen-bond acceptors (Lipinski definition) is 8. The number of rotatable bonds is 9. The van der Waals surface area contributed by atoms with E-state index in [4.69, 9.17) is 14.5 Å². The van der Waals surface area contributed by atoms with Crippen molar-refractivity contribution in [3.05, 3.63) is 49.1 Å². The molecular weight excluding hydrogens is 510 g/mol. The van der Waals surface area contributed by atoms with Crippen LogP contribution in [0, 0.1) is 0 Å². The van der Waals surface area contributed by atoms with Crippen LogP contribution in [-0.2, 0) is 16.2 Å². The van der Waals surface area contributed by atoms with Crippen LogP contribution in [0.5, 0.6) is 0 Å². The Morgan fingerprint density at radius 2 is 1.74 bits per heavy atom.